The van der Waals surface area contributed by atoms with Crippen LogP contribution >= 0.6 is 22.7 Å². The lowest BCUT2D eigenvalue weighted by molar-refractivity contribution is 0.535. The summed E-state index contributed by atoms with van der Waals surface area (Å²) in [5, 5.41) is 5.16. The number of hydrogen-bond acceptors (Lipinski definition) is 6. The van der Waals surface area contributed by atoms with Crippen molar-refractivity contribution in [2.45, 2.75) is 78.1 Å². The van der Waals surface area contributed by atoms with Crippen molar-refractivity contribution in [1.82, 2.24) is 0 Å². The number of thiophene rings is 2. The number of fused-ring (bicyclic) bond motifs is 10. The van der Waals surface area contributed by atoms with Crippen molar-refractivity contribution in [3.05, 3.63) is 234 Å². The predicted molar refractivity (Wildman–Crippen MR) is 348 cm³/mol. The molecule has 0 spiro atoms. The summed E-state index contributed by atoms with van der Waals surface area (Å²) in [7, 11) is 0. The molecule has 11 aromatic rings. The molecule has 0 atom stereocenters. The standard InChI is InChI=1S/C74H61BN2O2S2/c1-73(2,3)52-34-38-66-56(44-52)68-71(80-66)76(58-36-32-50(40-54(58)46-22-15-11-16-23-46)64-42-48-26-13-7-9-19-30-62(48)78-64)60-28-21-29-61-70(60)75(68)69-57-45-53(74(4,5)6)35-39-67(57)81-72(69)77(61)59-37-33-51(41-55(59)47-24-17-12-18-25-47)65-43-49-27-14-8-10-20-31-63(49)79-65/h9-29,32-45H,7-8,30-31H2,1-6H3/b19-9-,20-10-,26-13-,27-14-. The number of rotatable bonds is 6. The largest absolute Gasteiger partial charge is 0.460 e. The second kappa shape index (κ2) is 19.1. The molecule has 0 radical (unpaired) electrons. The van der Waals surface area contributed by atoms with E-state index in [0.717, 1.165) is 105 Å². The van der Waals surface area contributed by atoms with Crippen LogP contribution in [0.25, 0.3) is 77.2 Å². The second-order valence-corrected chi connectivity index (χ2v) is 26.2. The van der Waals surface area contributed by atoms with E-state index in [-0.39, 0.29) is 17.5 Å². The van der Waals surface area contributed by atoms with Crippen LogP contribution in [0.5, 0.6) is 0 Å². The third kappa shape index (κ3) is 8.38. The first-order valence-electron chi connectivity index (χ1n) is 28.6. The summed E-state index contributed by atoms with van der Waals surface area (Å²) in [5.41, 5.74) is 20.2. The highest BCUT2D eigenvalue weighted by Gasteiger charge is 2.48. The Balaban J connectivity index is 1.02. The van der Waals surface area contributed by atoms with Gasteiger partial charge in [0.15, 0.2) is 0 Å². The van der Waals surface area contributed by atoms with E-state index in [1.807, 2.05) is 22.7 Å². The minimum atomic E-state index is -0.0741. The lowest BCUT2D eigenvalue weighted by Crippen LogP contribution is -2.60. The van der Waals surface area contributed by atoms with E-state index in [1.54, 1.807) is 0 Å². The van der Waals surface area contributed by atoms with Crippen molar-refractivity contribution in [2.24, 2.45) is 0 Å². The van der Waals surface area contributed by atoms with Gasteiger partial charge in [0.1, 0.15) is 23.0 Å². The minimum Gasteiger partial charge on any atom is -0.460 e. The number of benzene rings is 7. The first-order valence-corrected chi connectivity index (χ1v) is 30.2. The maximum Gasteiger partial charge on any atom is 0.256 e. The zero-order valence-electron chi connectivity index (χ0n) is 46.6. The Kier molecular flexibility index (Phi) is 11.7. The maximum atomic E-state index is 6.76. The van der Waals surface area contributed by atoms with Gasteiger partial charge in [-0.05, 0) is 146 Å². The van der Waals surface area contributed by atoms with Crippen LogP contribution in [0.2, 0.25) is 0 Å². The fourth-order valence-electron chi connectivity index (χ4n) is 12.7. The molecule has 0 N–H and O–H groups in total. The Labute approximate surface area is 483 Å². The molecular weight excluding hydrogens is 1020 g/mol. The Hall–Kier alpha value is -8.36. The van der Waals surface area contributed by atoms with Crippen LogP contribution < -0.4 is 26.2 Å². The van der Waals surface area contributed by atoms with Gasteiger partial charge in [0.05, 0.1) is 21.4 Å². The van der Waals surface area contributed by atoms with Gasteiger partial charge in [-0.25, -0.2) is 0 Å². The number of nitrogens with zero attached hydrogens (tertiary/aromatic N) is 2. The van der Waals surface area contributed by atoms with Crippen LogP contribution in [0.15, 0.2) is 209 Å². The molecule has 394 valence electrons. The van der Waals surface area contributed by atoms with Gasteiger partial charge >= 0.3 is 0 Å². The molecule has 7 heteroatoms. The molecule has 4 aliphatic rings. The van der Waals surface area contributed by atoms with Gasteiger partial charge in [0.2, 0.25) is 0 Å². The van der Waals surface area contributed by atoms with Crippen molar-refractivity contribution < 1.29 is 8.83 Å². The lowest BCUT2D eigenvalue weighted by atomic mass is 9.33. The smallest absolute Gasteiger partial charge is 0.256 e. The van der Waals surface area contributed by atoms with Crippen molar-refractivity contribution in [2.75, 3.05) is 9.80 Å². The van der Waals surface area contributed by atoms with E-state index in [2.05, 4.69) is 264 Å². The van der Waals surface area contributed by atoms with Gasteiger partial charge in [0.25, 0.3) is 6.71 Å². The maximum absolute atomic E-state index is 6.76. The highest BCUT2D eigenvalue weighted by molar-refractivity contribution is 7.29. The fraction of sp³-hybridized carbons (Fsp3) is 0.162. The van der Waals surface area contributed by atoms with Gasteiger partial charge < -0.3 is 18.6 Å². The van der Waals surface area contributed by atoms with Crippen LogP contribution in [0.4, 0.5) is 32.8 Å². The molecule has 2 aliphatic carbocycles. The van der Waals surface area contributed by atoms with Crippen LogP contribution in [0.1, 0.15) is 88.2 Å². The first kappa shape index (κ1) is 49.7. The average molecular weight is 1090 g/mol. The number of anilines is 6. The molecule has 0 saturated heterocycles. The summed E-state index contributed by atoms with van der Waals surface area (Å²) in [4.78, 5) is 5.25. The van der Waals surface area contributed by atoms with Crippen LogP contribution in [0, 0.1) is 0 Å². The van der Waals surface area contributed by atoms with E-state index in [4.69, 9.17) is 8.83 Å². The molecule has 15 rings (SSSR count). The second-order valence-electron chi connectivity index (χ2n) is 24.2. The van der Waals surface area contributed by atoms with Crippen molar-refractivity contribution in [3.63, 3.8) is 0 Å². The number of hydrogen-bond donors (Lipinski definition) is 0. The predicted octanol–water partition coefficient (Wildman–Crippen LogP) is 19.7. The molecule has 0 unspecified atom stereocenters. The molecule has 6 heterocycles. The highest BCUT2D eigenvalue weighted by Crippen LogP contribution is 2.54. The lowest BCUT2D eigenvalue weighted by Gasteiger charge is -2.42. The fourth-order valence-corrected chi connectivity index (χ4v) is 15.2. The minimum absolute atomic E-state index is 0.0569. The van der Waals surface area contributed by atoms with E-state index in [9.17, 15) is 0 Å². The highest BCUT2D eigenvalue weighted by atomic mass is 32.1. The number of furan rings is 2. The molecule has 2 aliphatic heterocycles. The van der Waals surface area contributed by atoms with Crippen molar-refractivity contribution in [3.8, 4) is 44.9 Å². The summed E-state index contributed by atoms with van der Waals surface area (Å²) in [6.07, 6.45) is 21.1. The monoisotopic (exact) mass is 1080 g/mol. The first-order chi connectivity index (χ1) is 39.4. The topological polar surface area (TPSA) is 32.8 Å². The van der Waals surface area contributed by atoms with E-state index in [1.165, 1.54) is 69.1 Å². The SMILES string of the molecule is CC(C)(C)c1ccc2sc3c(c2c1)B1c2c(cccc2N(c2ccc(-c4cc5c(o4)C/C=C\C/C=C\5)cc2-c2ccccc2)c2sc4ccc(C(C)(C)C)cc4c21)N3c1ccc(-c2cc3c(o2)C/C=C\C/C=C\3)cc1-c1ccccc1. The van der Waals surface area contributed by atoms with Gasteiger partial charge in [-0.15, -0.1) is 22.7 Å². The van der Waals surface area contributed by atoms with E-state index in [0.29, 0.717) is 0 Å². The quantitative estimate of drug-likeness (QED) is 0.123. The van der Waals surface area contributed by atoms with Gasteiger partial charge in [-0.2, -0.15) is 0 Å². The third-order valence-corrected chi connectivity index (χ3v) is 19.3. The summed E-state index contributed by atoms with van der Waals surface area (Å²) in [6.45, 7) is 14.0. The van der Waals surface area contributed by atoms with E-state index < -0.39 is 0 Å². The van der Waals surface area contributed by atoms with Crippen molar-refractivity contribution >= 4 is 111 Å². The molecule has 0 amide bonds. The molecule has 81 heavy (non-hydrogen) atoms. The average Bonchev–Trinajstić information content (AvgIpc) is 3.08. The van der Waals surface area contributed by atoms with Gasteiger partial charge in [0, 0.05) is 67.0 Å². The molecule has 4 nitrogen and oxygen atoms in total. The zero-order chi connectivity index (χ0) is 54.7. The molecule has 0 saturated carbocycles. The number of allylic oxidation sites excluding steroid dienone is 6. The van der Waals surface area contributed by atoms with Crippen LogP contribution in [0.3, 0.4) is 0 Å². The molecular formula is C74H61BN2O2S2. The zero-order valence-corrected chi connectivity index (χ0v) is 48.3. The Morgan fingerprint density at radius 2 is 0.864 bits per heavy atom. The summed E-state index contributed by atoms with van der Waals surface area (Å²) >= 11 is 3.85. The van der Waals surface area contributed by atoms with Crippen molar-refractivity contribution in [1.29, 1.82) is 0 Å². The van der Waals surface area contributed by atoms with Crippen LogP contribution in [-0.4, -0.2) is 6.71 Å². The van der Waals surface area contributed by atoms with E-state index >= 15 is 0 Å². The summed E-state index contributed by atoms with van der Waals surface area (Å²) < 4.78 is 16.1. The van der Waals surface area contributed by atoms with Gasteiger partial charge in [-0.3, -0.25) is 0 Å². The normalized spacial score (nSPS) is 16.1. The molecule has 0 bridgehead atoms. The Morgan fingerprint density at radius 3 is 1.31 bits per heavy atom. The summed E-state index contributed by atoms with van der Waals surface area (Å²) in [6, 6.07) is 62.0. The molecule has 7 aromatic carbocycles. The Morgan fingerprint density at radius 1 is 0.407 bits per heavy atom. The van der Waals surface area contributed by atoms with Crippen LogP contribution in [-0.2, 0) is 23.7 Å². The Bertz CT molecular complexity index is 4170. The third-order valence-electron chi connectivity index (χ3n) is 16.9. The molecule has 4 aromatic heterocycles. The molecule has 0 fully saturated rings. The summed E-state index contributed by atoms with van der Waals surface area (Å²) in [5.74, 6) is 3.75. The van der Waals surface area contributed by atoms with Gasteiger partial charge in [-0.1, -0.05) is 181 Å².